The van der Waals surface area contributed by atoms with Crippen LogP contribution in [0, 0.1) is 5.41 Å². The number of nitrogens with one attached hydrogen (secondary N) is 2. The van der Waals surface area contributed by atoms with Crippen molar-refractivity contribution in [1.29, 1.82) is 0 Å². The van der Waals surface area contributed by atoms with Gasteiger partial charge in [0.25, 0.3) is 0 Å². The lowest BCUT2D eigenvalue weighted by molar-refractivity contribution is 0.1000. The number of benzene rings is 1. The van der Waals surface area contributed by atoms with Crippen molar-refractivity contribution < 1.29 is 9.90 Å². The second-order valence-electron chi connectivity index (χ2n) is 7.14. The summed E-state index contributed by atoms with van der Waals surface area (Å²) in [5.74, 6) is 0.367. The van der Waals surface area contributed by atoms with Crippen LogP contribution in [-0.2, 0) is 6.54 Å². The van der Waals surface area contributed by atoms with Crippen molar-refractivity contribution in [3.8, 4) is 0 Å². The van der Waals surface area contributed by atoms with Crippen LogP contribution < -0.4 is 16.4 Å². The van der Waals surface area contributed by atoms with E-state index in [2.05, 4.69) is 15.6 Å². The first-order valence-electron chi connectivity index (χ1n) is 9.60. The number of nitrogens with zero attached hydrogens (tertiary/aromatic N) is 1. The molecule has 0 aromatic heterocycles. The second-order valence-corrected chi connectivity index (χ2v) is 7.14. The largest absolute Gasteiger partial charge is 0.396 e. The Labute approximate surface area is 179 Å². The number of primary amides is 1. The fourth-order valence-electron chi connectivity index (χ4n) is 3.61. The van der Waals surface area contributed by atoms with Gasteiger partial charge < -0.3 is 21.5 Å². The molecule has 0 radical (unpaired) electrons. The molecule has 2 rings (SSSR count). The molecule has 1 aromatic carbocycles. The number of rotatable bonds is 8. The van der Waals surface area contributed by atoms with Crippen LogP contribution in [0.3, 0.4) is 0 Å². The monoisotopic (exact) mass is 488 g/mol. The Morgan fingerprint density at radius 1 is 1.19 bits per heavy atom. The van der Waals surface area contributed by atoms with Gasteiger partial charge in [-0.2, -0.15) is 0 Å². The predicted molar refractivity (Wildman–Crippen MR) is 120 cm³/mol. The molecule has 1 aromatic rings. The van der Waals surface area contributed by atoms with Crippen LogP contribution in [0.15, 0.2) is 29.3 Å². The molecule has 1 saturated carbocycles. The molecule has 0 atom stereocenters. The van der Waals surface area contributed by atoms with E-state index in [0.29, 0.717) is 12.1 Å². The highest BCUT2D eigenvalue weighted by molar-refractivity contribution is 14.0. The maximum atomic E-state index is 11.1. The van der Waals surface area contributed by atoms with E-state index >= 15 is 0 Å². The Morgan fingerprint density at radius 2 is 1.85 bits per heavy atom. The summed E-state index contributed by atoms with van der Waals surface area (Å²) in [6.45, 7) is 4.44. The van der Waals surface area contributed by atoms with Crippen molar-refractivity contribution in [3.05, 3.63) is 35.4 Å². The number of aliphatic imine (C=N–C) groups is 1. The number of amides is 1. The number of aliphatic hydroxyl groups excluding tert-OH is 1. The summed E-state index contributed by atoms with van der Waals surface area (Å²) in [6, 6.07) is 7.21. The molecule has 0 bridgehead atoms. The van der Waals surface area contributed by atoms with Gasteiger partial charge in [-0.3, -0.25) is 4.79 Å². The van der Waals surface area contributed by atoms with E-state index in [0.717, 1.165) is 43.9 Å². The number of halogens is 1. The second kappa shape index (κ2) is 12.2. The molecule has 1 fully saturated rings. The number of guanidine groups is 1. The first-order valence-corrected chi connectivity index (χ1v) is 9.60. The van der Waals surface area contributed by atoms with E-state index < -0.39 is 5.91 Å². The molecule has 0 unspecified atom stereocenters. The summed E-state index contributed by atoms with van der Waals surface area (Å²) in [5, 5.41) is 16.2. The molecule has 0 heterocycles. The summed E-state index contributed by atoms with van der Waals surface area (Å²) >= 11 is 0. The Kier molecular flexibility index (Phi) is 10.7. The average Bonchev–Trinajstić information content (AvgIpc) is 2.65. The van der Waals surface area contributed by atoms with E-state index in [1.54, 1.807) is 12.1 Å². The van der Waals surface area contributed by atoms with Gasteiger partial charge in [0.15, 0.2) is 5.96 Å². The highest BCUT2D eigenvalue weighted by atomic mass is 127. The smallest absolute Gasteiger partial charge is 0.248 e. The van der Waals surface area contributed by atoms with Crippen LogP contribution in [0.5, 0.6) is 0 Å². The number of nitrogens with two attached hydrogens (primary N) is 1. The van der Waals surface area contributed by atoms with Crippen LogP contribution >= 0.6 is 24.0 Å². The number of hydrogen-bond acceptors (Lipinski definition) is 3. The van der Waals surface area contributed by atoms with Crippen molar-refractivity contribution in [2.45, 2.75) is 52.0 Å². The third-order valence-corrected chi connectivity index (χ3v) is 5.19. The normalized spacial score (nSPS) is 16.3. The molecule has 0 saturated heterocycles. The molecule has 7 heteroatoms. The lowest BCUT2D eigenvalue weighted by Gasteiger charge is -2.37. The zero-order valence-corrected chi connectivity index (χ0v) is 18.5. The summed E-state index contributed by atoms with van der Waals surface area (Å²) in [4.78, 5) is 15.8. The van der Waals surface area contributed by atoms with Gasteiger partial charge in [-0.15, -0.1) is 24.0 Å². The topological polar surface area (TPSA) is 99.7 Å². The molecule has 27 heavy (non-hydrogen) atoms. The van der Waals surface area contributed by atoms with Gasteiger partial charge in [0.1, 0.15) is 0 Å². The zero-order chi connectivity index (χ0) is 18.8. The summed E-state index contributed by atoms with van der Waals surface area (Å²) in [5.41, 5.74) is 6.97. The summed E-state index contributed by atoms with van der Waals surface area (Å²) in [7, 11) is 0. The van der Waals surface area contributed by atoms with E-state index in [1.165, 1.54) is 19.3 Å². The van der Waals surface area contributed by atoms with Gasteiger partial charge in [-0.25, -0.2) is 4.99 Å². The van der Waals surface area contributed by atoms with Crippen LogP contribution in [-0.4, -0.2) is 36.7 Å². The van der Waals surface area contributed by atoms with Gasteiger partial charge in [-0.05, 0) is 49.3 Å². The van der Waals surface area contributed by atoms with Gasteiger partial charge in [0.05, 0.1) is 6.54 Å². The maximum Gasteiger partial charge on any atom is 0.248 e. The van der Waals surface area contributed by atoms with Crippen LogP contribution in [0.25, 0.3) is 0 Å². The number of carbonyl (C=O) groups is 1. The molecular formula is C20H33IN4O2. The van der Waals surface area contributed by atoms with Crippen molar-refractivity contribution in [1.82, 2.24) is 10.6 Å². The molecule has 1 aliphatic carbocycles. The van der Waals surface area contributed by atoms with Gasteiger partial charge >= 0.3 is 0 Å². The quantitative estimate of drug-likeness (QED) is 0.257. The minimum Gasteiger partial charge on any atom is -0.396 e. The first-order chi connectivity index (χ1) is 12.6. The van der Waals surface area contributed by atoms with Gasteiger partial charge in [0, 0.05) is 25.3 Å². The minimum atomic E-state index is -0.420. The SMILES string of the molecule is CCNC(=NCc1ccc(C(N)=O)cc1)NCC1(CCO)CCCCC1.I. The highest BCUT2D eigenvalue weighted by Gasteiger charge is 2.31. The first kappa shape index (κ1) is 23.7. The number of carbonyl (C=O) groups excluding carboxylic acids is 1. The van der Waals surface area contributed by atoms with Crippen LogP contribution in [0.1, 0.15) is 61.4 Å². The minimum absolute atomic E-state index is 0. The summed E-state index contributed by atoms with van der Waals surface area (Å²) in [6.07, 6.45) is 6.93. The van der Waals surface area contributed by atoms with Crippen molar-refractivity contribution in [3.63, 3.8) is 0 Å². The van der Waals surface area contributed by atoms with Crippen molar-refractivity contribution in [2.75, 3.05) is 19.7 Å². The Morgan fingerprint density at radius 3 is 2.41 bits per heavy atom. The molecule has 0 spiro atoms. The van der Waals surface area contributed by atoms with E-state index in [9.17, 15) is 9.90 Å². The Bertz CT molecular complexity index is 593. The molecule has 0 aliphatic heterocycles. The molecule has 5 N–H and O–H groups in total. The third kappa shape index (κ3) is 7.65. The molecule has 152 valence electrons. The molecule has 6 nitrogen and oxygen atoms in total. The average molecular weight is 488 g/mol. The van der Waals surface area contributed by atoms with E-state index in [1.807, 2.05) is 19.1 Å². The van der Waals surface area contributed by atoms with Gasteiger partial charge in [0.2, 0.25) is 5.91 Å². The third-order valence-electron chi connectivity index (χ3n) is 5.19. The zero-order valence-electron chi connectivity index (χ0n) is 16.2. The highest BCUT2D eigenvalue weighted by Crippen LogP contribution is 2.38. The lowest BCUT2D eigenvalue weighted by atomic mass is 9.72. The number of aliphatic hydroxyl groups is 1. The Balaban J connectivity index is 0.00000364. The predicted octanol–water partition coefficient (Wildman–Crippen LogP) is 2.79. The Hall–Kier alpha value is -1.35. The van der Waals surface area contributed by atoms with E-state index in [-0.39, 0.29) is 36.0 Å². The summed E-state index contributed by atoms with van der Waals surface area (Å²) < 4.78 is 0. The fourth-order valence-corrected chi connectivity index (χ4v) is 3.61. The fraction of sp³-hybridized carbons (Fsp3) is 0.600. The lowest BCUT2D eigenvalue weighted by Crippen LogP contribution is -2.44. The molecule has 1 aliphatic rings. The van der Waals surface area contributed by atoms with Crippen LogP contribution in [0.2, 0.25) is 0 Å². The van der Waals surface area contributed by atoms with Crippen molar-refractivity contribution in [2.24, 2.45) is 16.1 Å². The van der Waals surface area contributed by atoms with Gasteiger partial charge in [-0.1, -0.05) is 31.4 Å². The molecular weight excluding hydrogens is 455 g/mol. The van der Waals surface area contributed by atoms with E-state index in [4.69, 9.17) is 5.73 Å². The molecule has 1 amide bonds. The maximum absolute atomic E-state index is 11.1. The number of hydrogen-bond donors (Lipinski definition) is 4. The van der Waals surface area contributed by atoms with Crippen LogP contribution in [0.4, 0.5) is 0 Å². The van der Waals surface area contributed by atoms with Crippen molar-refractivity contribution >= 4 is 35.8 Å². The standard InChI is InChI=1S/C20H32N4O2.HI/c1-2-22-19(23-14-16-6-8-17(9-7-16)18(21)26)24-15-20(12-13-25)10-4-3-5-11-20;/h6-9,25H,2-5,10-15H2,1H3,(H2,21,26)(H2,22,23,24);1H.